The summed E-state index contributed by atoms with van der Waals surface area (Å²) in [5.41, 5.74) is 0.972. The number of methoxy groups -OCH3 is 1. The predicted octanol–water partition coefficient (Wildman–Crippen LogP) is 6.17. The van der Waals surface area contributed by atoms with Crippen molar-refractivity contribution in [2.75, 3.05) is 20.2 Å². The van der Waals surface area contributed by atoms with Gasteiger partial charge in [0.2, 0.25) is 0 Å². The molecule has 0 bridgehead atoms. The topological polar surface area (TPSA) is 38.8 Å². The van der Waals surface area contributed by atoms with Gasteiger partial charge in [0.25, 0.3) is 0 Å². The number of hydrogen-bond donors (Lipinski definition) is 0. The fourth-order valence-corrected chi connectivity index (χ4v) is 3.13. The number of ether oxygens (including phenoxy) is 1. The maximum atomic E-state index is 12.4. The lowest BCUT2D eigenvalue weighted by Gasteiger charge is -2.21. The molecule has 0 heterocycles. The monoisotopic (exact) mass is 387 g/mol. The SMILES string of the molecule is C.CCCCCN(CCCCC)OC(=O)Cc1ccc2cc(OC)ccc2c1. The number of carbonyl (C=O) groups is 1. The van der Waals surface area contributed by atoms with Crippen molar-refractivity contribution in [3.8, 4) is 5.75 Å². The van der Waals surface area contributed by atoms with Gasteiger partial charge in [-0.3, -0.25) is 0 Å². The van der Waals surface area contributed by atoms with Gasteiger partial charge in [-0.15, -0.1) is 5.06 Å². The van der Waals surface area contributed by atoms with E-state index in [0.717, 1.165) is 60.9 Å². The normalized spacial score (nSPS) is 10.7. The Bertz CT molecular complexity index is 704. The highest BCUT2D eigenvalue weighted by molar-refractivity contribution is 5.85. The van der Waals surface area contributed by atoms with Crippen LogP contribution in [-0.2, 0) is 16.1 Å². The maximum absolute atomic E-state index is 12.4. The van der Waals surface area contributed by atoms with E-state index in [9.17, 15) is 4.79 Å². The first kappa shape index (κ1) is 24.0. The van der Waals surface area contributed by atoms with Gasteiger partial charge in [0.1, 0.15) is 5.75 Å². The Morgan fingerprint density at radius 3 is 2.11 bits per heavy atom. The number of hydroxylamine groups is 2. The molecule has 0 saturated heterocycles. The number of fused-ring (bicyclic) bond motifs is 1. The Hall–Kier alpha value is -2.07. The van der Waals surface area contributed by atoms with E-state index in [1.54, 1.807) is 7.11 Å². The van der Waals surface area contributed by atoms with Gasteiger partial charge in [-0.2, -0.15) is 0 Å². The van der Waals surface area contributed by atoms with Gasteiger partial charge in [0, 0.05) is 13.1 Å². The average Bonchev–Trinajstić information content (AvgIpc) is 2.67. The first-order valence-corrected chi connectivity index (χ1v) is 10.2. The standard InChI is InChI=1S/C23H33NO3.CH4/c1-4-6-8-14-24(15-9-7-5-2)27-23(25)17-19-10-11-21-18-22(26-3)13-12-20(21)16-19;/h10-13,16,18H,4-9,14-15,17H2,1-3H3;1H4. The molecule has 0 aliphatic heterocycles. The average molecular weight is 388 g/mol. The second-order valence-electron chi connectivity index (χ2n) is 7.03. The Labute approximate surface area is 170 Å². The van der Waals surface area contributed by atoms with E-state index < -0.39 is 0 Å². The van der Waals surface area contributed by atoms with Crippen LogP contribution in [0, 0.1) is 0 Å². The van der Waals surface area contributed by atoms with E-state index in [1.807, 2.05) is 35.4 Å². The molecule has 0 aliphatic carbocycles. The number of hydrogen-bond acceptors (Lipinski definition) is 4. The second kappa shape index (κ2) is 13.2. The van der Waals surface area contributed by atoms with Crippen molar-refractivity contribution in [1.29, 1.82) is 0 Å². The van der Waals surface area contributed by atoms with E-state index in [2.05, 4.69) is 19.9 Å². The number of nitrogens with zero attached hydrogens (tertiary/aromatic N) is 1. The zero-order valence-corrected chi connectivity index (χ0v) is 17.0. The first-order valence-electron chi connectivity index (χ1n) is 10.2. The van der Waals surface area contributed by atoms with Crippen molar-refractivity contribution >= 4 is 16.7 Å². The molecule has 0 spiro atoms. The molecule has 2 rings (SSSR count). The highest BCUT2D eigenvalue weighted by Crippen LogP contribution is 2.22. The summed E-state index contributed by atoms with van der Waals surface area (Å²) in [6, 6.07) is 12.0. The lowest BCUT2D eigenvalue weighted by molar-refractivity contribution is -0.190. The van der Waals surface area contributed by atoms with Crippen LogP contribution in [0.1, 0.15) is 65.4 Å². The molecule has 156 valence electrons. The van der Waals surface area contributed by atoms with Crippen molar-refractivity contribution in [2.24, 2.45) is 0 Å². The van der Waals surface area contributed by atoms with Gasteiger partial charge < -0.3 is 9.57 Å². The summed E-state index contributed by atoms with van der Waals surface area (Å²) in [6.45, 7) is 6.01. The van der Waals surface area contributed by atoms with Gasteiger partial charge in [-0.25, -0.2) is 4.79 Å². The van der Waals surface area contributed by atoms with Crippen LogP contribution < -0.4 is 4.74 Å². The number of carbonyl (C=O) groups excluding carboxylic acids is 1. The quantitative estimate of drug-likeness (QED) is 0.322. The van der Waals surface area contributed by atoms with Crippen molar-refractivity contribution in [2.45, 2.75) is 66.2 Å². The largest absolute Gasteiger partial charge is 0.497 e. The van der Waals surface area contributed by atoms with Crippen LogP contribution in [0.15, 0.2) is 36.4 Å². The zero-order valence-electron chi connectivity index (χ0n) is 17.0. The molecule has 2 aromatic carbocycles. The first-order chi connectivity index (χ1) is 13.2. The van der Waals surface area contributed by atoms with Crippen molar-refractivity contribution in [3.05, 3.63) is 42.0 Å². The van der Waals surface area contributed by atoms with Crippen molar-refractivity contribution < 1.29 is 14.4 Å². The molecule has 0 atom stereocenters. The van der Waals surface area contributed by atoms with Crippen LogP contribution in [0.5, 0.6) is 5.75 Å². The summed E-state index contributed by atoms with van der Waals surface area (Å²) >= 11 is 0. The summed E-state index contributed by atoms with van der Waals surface area (Å²) in [7, 11) is 1.66. The van der Waals surface area contributed by atoms with Gasteiger partial charge in [0.15, 0.2) is 0 Å². The lowest BCUT2D eigenvalue weighted by atomic mass is 10.0. The van der Waals surface area contributed by atoms with Gasteiger partial charge in [0.05, 0.1) is 13.5 Å². The molecular formula is C24H37NO3. The van der Waals surface area contributed by atoms with Crippen LogP contribution in [0.25, 0.3) is 10.8 Å². The molecule has 2 aromatic rings. The minimum absolute atomic E-state index is 0. The van der Waals surface area contributed by atoms with Crippen molar-refractivity contribution in [1.82, 2.24) is 5.06 Å². The summed E-state index contributed by atoms with van der Waals surface area (Å²) < 4.78 is 5.26. The van der Waals surface area contributed by atoms with Crippen LogP contribution in [0.3, 0.4) is 0 Å². The van der Waals surface area contributed by atoms with E-state index in [0.29, 0.717) is 6.42 Å². The molecular weight excluding hydrogens is 350 g/mol. The van der Waals surface area contributed by atoms with Crippen molar-refractivity contribution in [3.63, 3.8) is 0 Å². The summed E-state index contributed by atoms with van der Waals surface area (Å²) in [5, 5.41) is 4.07. The lowest BCUT2D eigenvalue weighted by Crippen LogP contribution is -2.30. The Morgan fingerprint density at radius 2 is 1.50 bits per heavy atom. The number of unbranched alkanes of at least 4 members (excludes halogenated alkanes) is 4. The molecule has 28 heavy (non-hydrogen) atoms. The Balaban J connectivity index is 0.00000392. The van der Waals surface area contributed by atoms with E-state index in [4.69, 9.17) is 9.57 Å². The van der Waals surface area contributed by atoms with E-state index >= 15 is 0 Å². The molecule has 0 radical (unpaired) electrons. The number of benzene rings is 2. The molecule has 4 heteroatoms. The molecule has 0 amide bonds. The minimum atomic E-state index is -0.184. The maximum Gasteiger partial charge on any atom is 0.329 e. The summed E-state index contributed by atoms with van der Waals surface area (Å²) in [5.74, 6) is 0.653. The zero-order chi connectivity index (χ0) is 19.5. The molecule has 0 aromatic heterocycles. The molecule has 0 saturated carbocycles. The Kier molecular flexibility index (Phi) is 11.3. The fourth-order valence-electron chi connectivity index (χ4n) is 3.13. The second-order valence-corrected chi connectivity index (χ2v) is 7.03. The molecule has 0 N–H and O–H groups in total. The van der Waals surface area contributed by atoms with E-state index in [-0.39, 0.29) is 13.4 Å². The van der Waals surface area contributed by atoms with Crippen LogP contribution in [0.2, 0.25) is 0 Å². The predicted molar refractivity (Wildman–Crippen MR) is 118 cm³/mol. The summed E-state index contributed by atoms with van der Waals surface area (Å²) in [6.07, 6.45) is 7.07. The molecule has 0 fully saturated rings. The molecule has 0 aliphatic rings. The number of rotatable bonds is 12. The third-order valence-electron chi connectivity index (χ3n) is 4.71. The van der Waals surface area contributed by atoms with Gasteiger partial charge >= 0.3 is 5.97 Å². The smallest absolute Gasteiger partial charge is 0.329 e. The highest BCUT2D eigenvalue weighted by atomic mass is 16.7. The minimum Gasteiger partial charge on any atom is -0.497 e. The Morgan fingerprint density at radius 1 is 0.893 bits per heavy atom. The van der Waals surface area contributed by atoms with Crippen LogP contribution in [-0.4, -0.2) is 31.2 Å². The van der Waals surface area contributed by atoms with Crippen LogP contribution in [0.4, 0.5) is 0 Å². The molecule has 0 unspecified atom stereocenters. The van der Waals surface area contributed by atoms with Gasteiger partial charge in [-0.05, 0) is 41.3 Å². The fraction of sp³-hybridized carbons (Fsp3) is 0.542. The highest BCUT2D eigenvalue weighted by Gasteiger charge is 2.13. The van der Waals surface area contributed by atoms with Gasteiger partial charge in [-0.1, -0.05) is 71.2 Å². The molecule has 4 nitrogen and oxygen atoms in total. The third-order valence-corrected chi connectivity index (χ3v) is 4.71. The summed E-state index contributed by atoms with van der Waals surface area (Å²) in [4.78, 5) is 18.1. The third kappa shape index (κ3) is 7.89. The van der Waals surface area contributed by atoms with Crippen LogP contribution >= 0.6 is 0 Å². The van der Waals surface area contributed by atoms with E-state index in [1.165, 1.54) is 12.8 Å².